The van der Waals surface area contributed by atoms with Crippen LogP contribution in [0, 0.1) is 5.92 Å². The number of hydrogen-bond donors (Lipinski definition) is 2. The van der Waals surface area contributed by atoms with Crippen LogP contribution in [0.2, 0.25) is 0 Å². The van der Waals surface area contributed by atoms with Crippen molar-refractivity contribution in [1.29, 1.82) is 0 Å². The van der Waals surface area contributed by atoms with Crippen LogP contribution in [0.15, 0.2) is 0 Å². The summed E-state index contributed by atoms with van der Waals surface area (Å²) in [6, 6.07) is 0. The van der Waals surface area contributed by atoms with Crippen LogP contribution in [0.3, 0.4) is 0 Å². The van der Waals surface area contributed by atoms with Crippen molar-refractivity contribution >= 4 is 12.6 Å². The molecule has 0 aliphatic rings. The quantitative estimate of drug-likeness (QED) is 0.617. The van der Waals surface area contributed by atoms with Gasteiger partial charge in [-0.2, -0.15) is 12.6 Å². The number of aliphatic hydroxyl groups excluding tert-OH is 1. The second-order valence-corrected chi connectivity index (χ2v) is 3.89. The maximum Gasteiger partial charge on any atom is 0.0638 e. The fourth-order valence-electron chi connectivity index (χ4n) is 1.28. The van der Waals surface area contributed by atoms with Gasteiger partial charge in [0.25, 0.3) is 0 Å². The third-order valence-electron chi connectivity index (χ3n) is 1.98. The first-order chi connectivity index (χ1) is 5.60. The van der Waals surface area contributed by atoms with Crippen LogP contribution in [0.25, 0.3) is 0 Å². The Morgan fingerprint density at radius 2 is 2.00 bits per heavy atom. The molecule has 0 saturated carbocycles. The lowest BCUT2D eigenvalue weighted by Crippen LogP contribution is -2.32. The van der Waals surface area contributed by atoms with E-state index < -0.39 is 0 Å². The Morgan fingerprint density at radius 3 is 2.33 bits per heavy atom. The SMILES string of the molecule is CCC(CS)CN(C)CC(C)O. The van der Waals surface area contributed by atoms with Crippen LogP contribution < -0.4 is 0 Å². The van der Waals surface area contributed by atoms with E-state index in [0.717, 1.165) is 25.3 Å². The topological polar surface area (TPSA) is 23.5 Å². The smallest absolute Gasteiger partial charge is 0.0638 e. The van der Waals surface area contributed by atoms with E-state index in [0.29, 0.717) is 5.92 Å². The summed E-state index contributed by atoms with van der Waals surface area (Å²) in [4.78, 5) is 2.16. The van der Waals surface area contributed by atoms with Gasteiger partial charge in [-0.1, -0.05) is 13.3 Å². The van der Waals surface area contributed by atoms with Crippen LogP contribution in [0.4, 0.5) is 0 Å². The first-order valence-corrected chi connectivity index (χ1v) is 5.20. The van der Waals surface area contributed by atoms with Crippen LogP contribution in [0.5, 0.6) is 0 Å². The third kappa shape index (κ3) is 5.86. The monoisotopic (exact) mass is 191 g/mol. The molecule has 2 atom stereocenters. The van der Waals surface area contributed by atoms with E-state index in [1.807, 2.05) is 14.0 Å². The minimum Gasteiger partial charge on any atom is -0.392 e. The van der Waals surface area contributed by atoms with Crippen molar-refractivity contribution in [2.24, 2.45) is 5.92 Å². The fraction of sp³-hybridized carbons (Fsp3) is 1.00. The summed E-state index contributed by atoms with van der Waals surface area (Å²) in [5, 5.41) is 9.12. The zero-order valence-electron chi connectivity index (χ0n) is 8.32. The van der Waals surface area contributed by atoms with E-state index in [1.54, 1.807) is 0 Å². The molecular weight excluding hydrogens is 170 g/mol. The molecule has 0 aliphatic heterocycles. The van der Waals surface area contributed by atoms with Crippen molar-refractivity contribution in [2.75, 3.05) is 25.9 Å². The Hall–Kier alpha value is 0.270. The molecule has 3 heteroatoms. The molecule has 0 aromatic carbocycles. The summed E-state index contributed by atoms with van der Waals surface area (Å²) in [5.41, 5.74) is 0. The van der Waals surface area contributed by atoms with Gasteiger partial charge in [0.1, 0.15) is 0 Å². The van der Waals surface area contributed by atoms with Crippen LogP contribution >= 0.6 is 12.6 Å². The van der Waals surface area contributed by atoms with E-state index in [4.69, 9.17) is 5.11 Å². The van der Waals surface area contributed by atoms with E-state index >= 15 is 0 Å². The van der Waals surface area contributed by atoms with Crippen LogP contribution in [-0.2, 0) is 0 Å². The lowest BCUT2D eigenvalue weighted by molar-refractivity contribution is 0.133. The van der Waals surface area contributed by atoms with E-state index in [-0.39, 0.29) is 6.10 Å². The second-order valence-electron chi connectivity index (χ2n) is 3.53. The normalized spacial score (nSPS) is 16.5. The molecule has 0 rings (SSSR count). The van der Waals surface area contributed by atoms with Crippen molar-refractivity contribution < 1.29 is 5.11 Å². The van der Waals surface area contributed by atoms with E-state index in [2.05, 4.69) is 24.5 Å². The molecule has 0 heterocycles. The molecule has 74 valence electrons. The average Bonchev–Trinajstić information content (AvgIpc) is 1.98. The number of hydrogen-bond acceptors (Lipinski definition) is 3. The zero-order valence-corrected chi connectivity index (χ0v) is 9.22. The van der Waals surface area contributed by atoms with Crippen molar-refractivity contribution in [3.05, 3.63) is 0 Å². The van der Waals surface area contributed by atoms with Gasteiger partial charge >= 0.3 is 0 Å². The molecule has 2 nitrogen and oxygen atoms in total. The molecule has 0 amide bonds. The first-order valence-electron chi connectivity index (χ1n) is 4.57. The Labute approximate surface area is 81.4 Å². The van der Waals surface area contributed by atoms with Gasteiger partial charge in [-0.05, 0) is 25.6 Å². The summed E-state index contributed by atoms with van der Waals surface area (Å²) in [6.45, 7) is 5.78. The second kappa shape index (κ2) is 6.75. The molecule has 0 aromatic heterocycles. The zero-order chi connectivity index (χ0) is 9.56. The Balaban J connectivity index is 3.58. The highest BCUT2D eigenvalue weighted by molar-refractivity contribution is 7.80. The lowest BCUT2D eigenvalue weighted by atomic mass is 10.1. The van der Waals surface area contributed by atoms with Crippen molar-refractivity contribution in [2.45, 2.75) is 26.4 Å². The maximum atomic E-state index is 9.12. The standard InChI is InChI=1S/C9H21NOS/c1-4-9(7-12)6-10(3)5-8(2)11/h8-9,11-12H,4-7H2,1-3H3. The highest BCUT2D eigenvalue weighted by Gasteiger charge is 2.09. The van der Waals surface area contributed by atoms with Gasteiger partial charge in [0.15, 0.2) is 0 Å². The summed E-state index contributed by atoms with van der Waals surface area (Å²) in [7, 11) is 2.04. The molecule has 0 aliphatic carbocycles. The molecule has 1 N–H and O–H groups in total. The molecule has 0 spiro atoms. The predicted octanol–water partition coefficient (Wildman–Crippen LogP) is 1.25. The highest BCUT2D eigenvalue weighted by atomic mass is 32.1. The predicted molar refractivity (Wildman–Crippen MR) is 56.8 cm³/mol. The molecule has 0 bridgehead atoms. The maximum absolute atomic E-state index is 9.12. The molecular formula is C9H21NOS. The number of nitrogens with zero attached hydrogens (tertiary/aromatic N) is 1. The lowest BCUT2D eigenvalue weighted by Gasteiger charge is -2.22. The Morgan fingerprint density at radius 1 is 1.42 bits per heavy atom. The van der Waals surface area contributed by atoms with Gasteiger partial charge in [0.05, 0.1) is 6.10 Å². The van der Waals surface area contributed by atoms with Gasteiger partial charge in [-0.15, -0.1) is 0 Å². The van der Waals surface area contributed by atoms with Gasteiger partial charge < -0.3 is 10.0 Å². The van der Waals surface area contributed by atoms with Gasteiger partial charge in [-0.25, -0.2) is 0 Å². The first kappa shape index (κ1) is 12.3. The minimum absolute atomic E-state index is 0.229. The van der Waals surface area contributed by atoms with Gasteiger partial charge in [0, 0.05) is 13.1 Å². The highest BCUT2D eigenvalue weighted by Crippen LogP contribution is 2.06. The van der Waals surface area contributed by atoms with Crippen molar-refractivity contribution in [3.8, 4) is 0 Å². The van der Waals surface area contributed by atoms with E-state index in [1.165, 1.54) is 0 Å². The summed E-state index contributed by atoms with van der Waals surface area (Å²) >= 11 is 4.27. The number of likely N-dealkylation sites (N-methyl/N-ethyl adjacent to an activating group) is 1. The van der Waals surface area contributed by atoms with Gasteiger partial charge in [-0.3, -0.25) is 0 Å². The van der Waals surface area contributed by atoms with Crippen molar-refractivity contribution in [1.82, 2.24) is 4.90 Å². The summed E-state index contributed by atoms with van der Waals surface area (Å²) in [6.07, 6.45) is 0.931. The molecule has 2 unspecified atom stereocenters. The average molecular weight is 191 g/mol. The van der Waals surface area contributed by atoms with Crippen molar-refractivity contribution in [3.63, 3.8) is 0 Å². The molecule has 0 aromatic rings. The van der Waals surface area contributed by atoms with Crippen LogP contribution in [-0.4, -0.2) is 42.0 Å². The largest absolute Gasteiger partial charge is 0.392 e. The number of rotatable bonds is 6. The Bertz CT molecular complexity index is 105. The summed E-state index contributed by atoms with van der Waals surface area (Å²) in [5.74, 6) is 1.58. The third-order valence-corrected chi connectivity index (χ3v) is 2.50. The Kier molecular flexibility index (Phi) is 6.90. The minimum atomic E-state index is -0.229. The number of aliphatic hydroxyl groups is 1. The van der Waals surface area contributed by atoms with Crippen LogP contribution in [0.1, 0.15) is 20.3 Å². The molecule has 0 fully saturated rings. The summed E-state index contributed by atoms with van der Waals surface area (Å²) < 4.78 is 0. The van der Waals surface area contributed by atoms with Gasteiger partial charge in [0.2, 0.25) is 0 Å². The molecule has 12 heavy (non-hydrogen) atoms. The number of thiol groups is 1. The fourth-order valence-corrected chi connectivity index (χ4v) is 1.66. The molecule has 0 radical (unpaired) electrons. The van der Waals surface area contributed by atoms with E-state index in [9.17, 15) is 0 Å². The molecule has 0 saturated heterocycles.